The van der Waals surface area contributed by atoms with Gasteiger partial charge in [-0.2, -0.15) is 0 Å². The Labute approximate surface area is 107 Å². The number of hydrogen-bond acceptors (Lipinski definition) is 4. The van der Waals surface area contributed by atoms with Gasteiger partial charge in [-0.1, -0.05) is 30.3 Å². The van der Waals surface area contributed by atoms with E-state index in [2.05, 4.69) is 4.74 Å². The average Bonchev–Trinajstić information content (AvgIpc) is 2.78. The van der Waals surface area contributed by atoms with Crippen molar-refractivity contribution < 1.29 is 19.4 Å². The summed E-state index contributed by atoms with van der Waals surface area (Å²) in [5.41, 5.74) is 1.06. The summed E-state index contributed by atoms with van der Waals surface area (Å²) >= 11 is 0. The zero-order chi connectivity index (χ0) is 13.0. The van der Waals surface area contributed by atoms with Crippen LogP contribution < -0.4 is 0 Å². The van der Waals surface area contributed by atoms with Crippen LogP contribution in [0, 0.1) is 5.92 Å². The third-order valence-electron chi connectivity index (χ3n) is 3.31. The van der Waals surface area contributed by atoms with Gasteiger partial charge in [0.25, 0.3) is 0 Å². The Hall–Kier alpha value is -1.39. The normalized spacial score (nSPS) is 27.1. The van der Waals surface area contributed by atoms with E-state index in [1.165, 1.54) is 7.11 Å². The largest absolute Gasteiger partial charge is 0.469 e. The first-order valence-electron chi connectivity index (χ1n) is 6.12. The molecule has 4 nitrogen and oxygen atoms in total. The Morgan fingerprint density at radius 3 is 2.72 bits per heavy atom. The van der Waals surface area contributed by atoms with E-state index in [4.69, 9.17) is 4.74 Å². The smallest absolute Gasteiger partial charge is 0.308 e. The standard InChI is InChI=1S/C14H18O4/c1-17-14(16)11-7-12(15)13(8-11)18-9-10-5-3-2-4-6-10/h2-6,11-13,15H,7-9H2,1H3. The fourth-order valence-electron chi connectivity index (χ4n) is 2.29. The number of hydrogen-bond donors (Lipinski definition) is 1. The van der Waals surface area contributed by atoms with Crippen LogP contribution in [0.5, 0.6) is 0 Å². The molecule has 1 saturated carbocycles. The van der Waals surface area contributed by atoms with Crippen molar-refractivity contribution in [1.82, 2.24) is 0 Å². The number of carbonyl (C=O) groups is 1. The predicted octanol–water partition coefficient (Wildman–Crippen LogP) is 1.52. The Balaban J connectivity index is 1.85. The minimum atomic E-state index is -0.585. The zero-order valence-electron chi connectivity index (χ0n) is 10.4. The minimum absolute atomic E-state index is 0.245. The van der Waals surface area contributed by atoms with E-state index in [-0.39, 0.29) is 18.0 Å². The maximum absolute atomic E-state index is 11.4. The third kappa shape index (κ3) is 3.09. The molecule has 0 radical (unpaired) electrons. The molecular formula is C14H18O4. The van der Waals surface area contributed by atoms with Gasteiger partial charge in [-0.3, -0.25) is 4.79 Å². The molecule has 1 fully saturated rings. The number of aliphatic hydroxyl groups excluding tert-OH is 1. The van der Waals surface area contributed by atoms with Crippen LogP contribution in [0.15, 0.2) is 30.3 Å². The molecule has 1 aromatic rings. The Kier molecular flexibility index (Phi) is 4.33. The van der Waals surface area contributed by atoms with Crippen molar-refractivity contribution in [2.75, 3.05) is 7.11 Å². The molecule has 0 spiro atoms. The van der Waals surface area contributed by atoms with Gasteiger partial charge < -0.3 is 14.6 Å². The lowest BCUT2D eigenvalue weighted by Gasteiger charge is -2.15. The van der Waals surface area contributed by atoms with Gasteiger partial charge in [0.1, 0.15) is 0 Å². The van der Waals surface area contributed by atoms with Gasteiger partial charge in [0.2, 0.25) is 0 Å². The maximum atomic E-state index is 11.4. The molecule has 0 aromatic heterocycles. The van der Waals surface area contributed by atoms with E-state index >= 15 is 0 Å². The van der Waals surface area contributed by atoms with Crippen molar-refractivity contribution in [3.63, 3.8) is 0 Å². The summed E-state index contributed by atoms with van der Waals surface area (Å²) in [6, 6.07) is 9.78. The number of methoxy groups -OCH3 is 1. The van der Waals surface area contributed by atoms with Crippen LogP contribution in [0.4, 0.5) is 0 Å². The van der Waals surface area contributed by atoms with Crippen LogP contribution in [0.3, 0.4) is 0 Å². The van der Waals surface area contributed by atoms with E-state index in [0.717, 1.165) is 5.56 Å². The highest BCUT2D eigenvalue weighted by Crippen LogP contribution is 2.29. The summed E-state index contributed by atoms with van der Waals surface area (Å²) in [7, 11) is 1.37. The van der Waals surface area contributed by atoms with Crippen molar-refractivity contribution in [3.8, 4) is 0 Å². The molecule has 0 saturated heterocycles. The molecule has 1 aliphatic rings. The van der Waals surface area contributed by atoms with Gasteiger partial charge in [-0.15, -0.1) is 0 Å². The van der Waals surface area contributed by atoms with Crippen LogP contribution >= 0.6 is 0 Å². The zero-order valence-corrected chi connectivity index (χ0v) is 10.4. The molecule has 98 valence electrons. The number of carbonyl (C=O) groups excluding carboxylic acids is 1. The van der Waals surface area contributed by atoms with E-state index in [1.807, 2.05) is 30.3 Å². The van der Waals surface area contributed by atoms with Gasteiger partial charge in [-0.25, -0.2) is 0 Å². The molecule has 3 unspecified atom stereocenters. The molecule has 1 aliphatic carbocycles. The number of aliphatic hydroxyl groups is 1. The first-order valence-corrected chi connectivity index (χ1v) is 6.12. The van der Waals surface area contributed by atoms with Crippen LogP contribution in [-0.4, -0.2) is 30.4 Å². The van der Waals surface area contributed by atoms with Crippen LogP contribution in [0.2, 0.25) is 0 Å². The molecule has 3 atom stereocenters. The Morgan fingerprint density at radius 2 is 2.06 bits per heavy atom. The first kappa shape index (κ1) is 13.1. The van der Waals surface area contributed by atoms with Crippen molar-refractivity contribution in [1.29, 1.82) is 0 Å². The van der Waals surface area contributed by atoms with Crippen LogP contribution in [0.25, 0.3) is 0 Å². The second kappa shape index (κ2) is 5.98. The highest BCUT2D eigenvalue weighted by atomic mass is 16.5. The molecule has 18 heavy (non-hydrogen) atoms. The lowest BCUT2D eigenvalue weighted by Crippen LogP contribution is -2.22. The summed E-state index contributed by atoms with van der Waals surface area (Å²) in [5.74, 6) is -0.509. The summed E-state index contributed by atoms with van der Waals surface area (Å²) in [5, 5.41) is 9.85. The predicted molar refractivity (Wildman–Crippen MR) is 65.8 cm³/mol. The molecule has 2 rings (SSSR count). The number of ether oxygens (including phenoxy) is 2. The minimum Gasteiger partial charge on any atom is -0.469 e. The summed E-state index contributed by atoms with van der Waals surface area (Å²) in [4.78, 5) is 11.4. The topological polar surface area (TPSA) is 55.8 Å². The van der Waals surface area contributed by atoms with Crippen LogP contribution in [0.1, 0.15) is 18.4 Å². The quantitative estimate of drug-likeness (QED) is 0.823. The summed E-state index contributed by atoms with van der Waals surface area (Å²) in [6.07, 6.45) is 0.0828. The lowest BCUT2D eigenvalue weighted by molar-refractivity contribution is -0.145. The molecular weight excluding hydrogens is 232 g/mol. The van der Waals surface area contributed by atoms with Gasteiger partial charge >= 0.3 is 5.97 Å². The van der Waals surface area contributed by atoms with E-state index in [1.54, 1.807) is 0 Å². The van der Waals surface area contributed by atoms with E-state index in [9.17, 15) is 9.90 Å². The molecule has 1 N–H and O–H groups in total. The maximum Gasteiger partial charge on any atom is 0.308 e. The molecule has 1 aromatic carbocycles. The van der Waals surface area contributed by atoms with E-state index < -0.39 is 6.10 Å². The number of rotatable bonds is 4. The van der Waals surface area contributed by atoms with Crippen molar-refractivity contribution in [2.45, 2.75) is 31.7 Å². The number of benzene rings is 1. The van der Waals surface area contributed by atoms with Gasteiger partial charge in [0.05, 0.1) is 31.8 Å². The highest BCUT2D eigenvalue weighted by Gasteiger charge is 2.38. The average molecular weight is 250 g/mol. The fraction of sp³-hybridized carbons (Fsp3) is 0.500. The summed E-state index contributed by atoms with van der Waals surface area (Å²) < 4.78 is 10.4. The third-order valence-corrected chi connectivity index (χ3v) is 3.31. The second-order valence-electron chi connectivity index (χ2n) is 4.59. The molecule has 0 aliphatic heterocycles. The highest BCUT2D eigenvalue weighted by molar-refractivity contribution is 5.72. The molecule has 0 amide bonds. The van der Waals surface area contributed by atoms with Crippen LogP contribution in [-0.2, 0) is 20.9 Å². The summed E-state index contributed by atoms with van der Waals surface area (Å²) in [6.45, 7) is 0.455. The SMILES string of the molecule is COC(=O)C1CC(O)C(OCc2ccccc2)C1. The van der Waals surface area contributed by atoms with Gasteiger partial charge in [-0.05, 0) is 18.4 Å². The van der Waals surface area contributed by atoms with Gasteiger partial charge in [0.15, 0.2) is 0 Å². The fourth-order valence-corrected chi connectivity index (χ4v) is 2.29. The first-order chi connectivity index (χ1) is 8.70. The van der Waals surface area contributed by atoms with Crippen molar-refractivity contribution >= 4 is 5.97 Å². The molecule has 0 bridgehead atoms. The number of esters is 1. The monoisotopic (exact) mass is 250 g/mol. The molecule has 0 heterocycles. The Morgan fingerprint density at radius 1 is 1.33 bits per heavy atom. The lowest BCUT2D eigenvalue weighted by atomic mass is 10.1. The van der Waals surface area contributed by atoms with Crippen molar-refractivity contribution in [2.24, 2.45) is 5.92 Å². The van der Waals surface area contributed by atoms with E-state index in [0.29, 0.717) is 19.4 Å². The second-order valence-corrected chi connectivity index (χ2v) is 4.59. The van der Waals surface area contributed by atoms with Gasteiger partial charge in [0, 0.05) is 0 Å². The Bertz CT molecular complexity index is 390. The molecule has 4 heteroatoms. The van der Waals surface area contributed by atoms with Crippen molar-refractivity contribution in [3.05, 3.63) is 35.9 Å².